The highest BCUT2D eigenvalue weighted by Gasteiger charge is 2.32. The Kier molecular flexibility index (Phi) is 5.41. The van der Waals surface area contributed by atoms with Crippen LogP contribution in [0.3, 0.4) is 0 Å². The molecule has 0 saturated carbocycles. The van der Waals surface area contributed by atoms with E-state index in [4.69, 9.17) is 10.5 Å². The standard InChI is InChI=1S/C12H22N2O3/c1-3-17-12(16)10-6-4-5-7-14(10)11(15)8-9(2)13/h9-10H,3-8,13H2,1-2H3. The molecule has 0 aromatic rings. The van der Waals surface area contributed by atoms with Crippen molar-refractivity contribution in [1.29, 1.82) is 0 Å². The molecule has 2 N–H and O–H groups in total. The third kappa shape index (κ3) is 4.00. The van der Waals surface area contributed by atoms with E-state index in [2.05, 4.69) is 0 Å². The number of esters is 1. The summed E-state index contributed by atoms with van der Waals surface area (Å²) in [4.78, 5) is 25.3. The maximum absolute atomic E-state index is 12.0. The second-order valence-electron chi connectivity index (χ2n) is 4.53. The maximum Gasteiger partial charge on any atom is 0.328 e. The van der Waals surface area contributed by atoms with E-state index in [0.29, 0.717) is 19.6 Å². The van der Waals surface area contributed by atoms with Crippen molar-refractivity contribution in [2.45, 2.75) is 51.6 Å². The minimum atomic E-state index is -0.407. The summed E-state index contributed by atoms with van der Waals surface area (Å²) < 4.78 is 5.00. The molecule has 1 aliphatic heterocycles. The summed E-state index contributed by atoms with van der Waals surface area (Å²) in [5.74, 6) is -0.331. The van der Waals surface area contributed by atoms with Crippen LogP contribution in [0.4, 0.5) is 0 Å². The number of ether oxygens (including phenoxy) is 1. The van der Waals surface area contributed by atoms with Crippen molar-refractivity contribution in [3.8, 4) is 0 Å². The molecule has 2 atom stereocenters. The molecule has 1 rings (SSSR count). The van der Waals surface area contributed by atoms with Crippen LogP contribution in [0.2, 0.25) is 0 Å². The fraction of sp³-hybridized carbons (Fsp3) is 0.833. The molecular formula is C12H22N2O3. The van der Waals surface area contributed by atoms with Crippen LogP contribution in [-0.2, 0) is 14.3 Å². The van der Waals surface area contributed by atoms with Crippen LogP contribution in [0, 0.1) is 0 Å². The number of carbonyl (C=O) groups is 2. The van der Waals surface area contributed by atoms with E-state index in [-0.39, 0.29) is 24.3 Å². The molecule has 0 aromatic heterocycles. The van der Waals surface area contributed by atoms with Crippen molar-refractivity contribution in [3.05, 3.63) is 0 Å². The minimum Gasteiger partial charge on any atom is -0.464 e. The van der Waals surface area contributed by atoms with Crippen LogP contribution < -0.4 is 5.73 Å². The van der Waals surface area contributed by atoms with Gasteiger partial charge in [-0.2, -0.15) is 0 Å². The van der Waals surface area contributed by atoms with Crippen LogP contribution in [0.5, 0.6) is 0 Å². The second kappa shape index (κ2) is 6.59. The number of nitrogens with two attached hydrogens (primary N) is 1. The van der Waals surface area contributed by atoms with Crippen molar-refractivity contribution >= 4 is 11.9 Å². The van der Waals surface area contributed by atoms with Crippen LogP contribution in [0.15, 0.2) is 0 Å². The monoisotopic (exact) mass is 242 g/mol. The molecular weight excluding hydrogens is 220 g/mol. The highest BCUT2D eigenvalue weighted by Crippen LogP contribution is 2.19. The molecule has 0 radical (unpaired) electrons. The van der Waals surface area contributed by atoms with Gasteiger partial charge in [-0.15, -0.1) is 0 Å². The van der Waals surface area contributed by atoms with E-state index in [1.54, 1.807) is 18.7 Å². The van der Waals surface area contributed by atoms with Crippen molar-refractivity contribution in [2.75, 3.05) is 13.2 Å². The van der Waals surface area contributed by atoms with Crippen LogP contribution in [-0.4, -0.2) is 42.0 Å². The molecule has 0 aliphatic carbocycles. The fourth-order valence-corrected chi connectivity index (χ4v) is 2.11. The molecule has 5 nitrogen and oxygen atoms in total. The highest BCUT2D eigenvalue weighted by atomic mass is 16.5. The Balaban J connectivity index is 2.65. The quantitative estimate of drug-likeness (QED) is 0.735. The average Bonchev–Trinajstić information content (AvgIpc) is 2.28. The Morgan fingerprint density at radius 3 is 2.76 bits per heavy atom. The van der Waals surface area contributed by atoms with Crippen LogP contribution in [0.1, 0.15) is 39.5 Å². The van der Waals surface area contributed by atoms with E-state index in [1.807, 2.05) is 0 Å². The summed E-state index contributed by atoms with van der Waals surface area (Å²) in [6, 6.07) is -0.581. The predicted molar refractivity (Wildman–Crippen MR) is 64.3 cm³/mol. The number of rotatable bonds is 4. The van der Waals surface area contributed by atoms with E-state index in [0.717, 1.165) is 12.8 Å². The lowest BCUT2D eigenvalue weighted by Gasteiger charge is -2.34. The zero-order valence-electron chi connectivity index (χ0n) is 10.6. The lowest BCUT2D eigenvalue weighted by Crippen LogP contribution is -2.49. The SMILES string of the molecule is CCOC(=O)C1CCCCN1C(=O)CC(C)N. The first-order valence-electron chi connectivity index (χ1n) is 6.28. The Morgan fingerprint density at radius 2 is 2.18 bits per heavy atom. The van der Waals surface area contributed by atoms with Gasteiger partial charge >= 0.3 is 5.97 Å². The Labute approximate surface area is 102 Å². The van der Waals surface area contributed by atoms with Gasteiger partial charge in [0, 0.05) is 19.0 Å². The molecule has 98 valence electrons. The third-order valence-corrected chi connectivity index (χ3v) is 2.88. The molecule has 1 saturated heterocycles. The number of amides is 1. The predicted octanol–water partition coefficient (Wildman–Crippen LogP) is 0.668. The largest absolute Gasteiger partial charge is 0.464 e. The van der Waals surface area contributed by atoms with Crippen molar-refractivity contribution in [3.63, 3.8) is 0 Å². The molecule has 1 fully saturated rings. The minimum absolute atomic E-state index is 0.0437. The molecule has 5 heteroatoms. The zero-order chi connectivity index (χ0) is 12.8. The zero-order valence-corrected chi connectivity index (χ0v) is 10.6. The Morgan fingerprint density at radius 1 is 1.47 bits per heavy atom. The van der Waals surface area contributed by atoms with Gasteiger partial charge in [-0.05, 0) is 33.1 Å². The van der Waals surface area contributed by atoms with Crippen molar-refractivity contribution in [2.24, 2.45) is 5.73 Å². The number of piperidine rings is 1. The van der Waals surface area contributed by atoms with Gasteiger partial charge in [0.2, 0.25) is 5.91 Å². The van der Waals surface area contributed by atoms with E-state index in [9.17, 15) is 9.59 Å². The first-order chi connectivity index (χ1) is 8.06. The van der Waals surface area contributed by atoms with Crippen LogP contribution >= 0.6 is 0 Å². The summed E-state index contributed by atoms with van der Waals surface area (Å²) in [6.07, 6.45) is 2.89. The summed E-state index contributed by atoms with van der Waals surface area (Å²) in [7, 11) is 0. The smallest absolute Gasteiger partial charge is 0.328 e. The Bertz CT molecular complexity index is 279. The van der Waals surface area contributed by atoms with Gasteiger partial charge in [0.15, 0.2) is 0 Å². The van der Waals surface area contributed by atoms with Gasteiger partial charge in [-0.1, -0.05) is 0 Å². The number of likely N-dealkylation sites (tertiary alicyclic amines) is 1. The molecule has 1 heterocycles. The van der Waals surface area contributed by atoms with Crippen LogP contribution in [0.25, 0.3) is 0 Å². The normalized spacial score (nSPS) is 22.1. The molecule has 0 aromatic carbocycles. The third-order valence-electron chi connectivity index (χ3n) is 2.88. The summed E-state index contributed by atoms with van der Waals surface area (Å²) in [6.45, 7) is 4.55. The van der Waals surface area contributed by atoms with E-state index < -0.39 is 6.04 Å². The summed E-state index contributed by atoms with van der Waals surface area (Å²) in [5, 5.41) is 0. The number of nitrogens with zero attached hydrogens (tertiary/aromatic N) is 1. The Hall–Kier alpha value is -1.10. The molecule has 17 heavy (non-hydrogen) atoms. The van der Waals surface area contributed by atoms with Gasteiger partial charge < -0.3 is 15.4 Å². The number of carbonyl (C=O) groups excluding carboxylic acids is 2. The fourth-order valence-electron chi connectivity index (χ4n) is 2.11. The number of hydrogen-bond acceptors (Lipinski definition) is 4. The van der Waals surface area contributed by atoms with E-state index in [1.165, 1.54) is 0 Å². The van der Waals surface area contributed by atoms with Gasteiger partial charge in [0.25, 0.3) is 0 Å². The molecule has 0 spiro atoms. The maximum atomic E-state index is 12.0. The molecule has 1 aliphatic rings. The average molecular weight is 242 g/mol. The summed E-state index contributed by atoms with van der Waals surface area (Å²) in [5.41, 5.74) is 5.62. The van der Waals surface area contributed by atoms with Crippen molar-refractivity contribution in [1.82, 2.24) is 4.90 Å². The van der Waals surface area contributed by atoms with Gasteiger partial charge in [0.1, 0.15) is 6.04 Å². The van der Waals surface area contributed by atoms with E-state index >= 15 is 0 Å². The molecule has 1 amide bonds. The van der Waals surface area contributed by atoms with Gasteiger partial charge in [-0.25, -0.2) is 4.79 Å². The summed E-state index contributed by atoms with van der Waals surface area (Å²) >= 11 is 0. The van der Waals surface area contributed by atoms with Gasteiger partial charge in [-0.3, -0.25) is 4.79 Å². The first kappa shape index (κ1) is 14.0. The number of hydrogen-bond donors (Lipinski definition) is 1. The topological polar surface area (TPSA) is 72.6 Å². The lowest BCUT2D eigenvalue weighted by atomic mass is 10.0. The van der Waals surface area contributed by atoms with Crippen molar-refractivity contribution < 1.29 is 14.3 Å². The molecule has 2 unspecified atom stereocenters. The second-order valence-corrected chi connectivity index (χ2v) is 4.53. The lowest BCUT2D eigenvalue weighted by molar-refractivity contribution is -0.156. The van der Waals surface area contributed by atoms with Gasteiger partial charge in [0.05, 0.1) is 6.61 Å². The highest BCUT2D eigenvalue weighted by molar-refractivity contribution is 5.85. The molecule has 0 bridgehead atoms. The first-order valence-corrected chi connectivity index (χ1v) is 6.28.